The van der Waals surface area contributed by atoms with Crippen LogP contribution in [0.25, 0.3) is 0 Å². The third kappa shape index (κ3) is 7.44. The highest BCUT2D eigenvalue weighted by Gasteiger charge is 2.07. The van der Waals surface area contributed by atoms with Crippen molar-refractivity contribution >= 4 is 23.6 Å². The number of rotatable bonds is 8. The van der Waals surface area contributed by atoms with E-state index in [1.54, 1.807) is 11.8 Å². The molecule has 1 rings (SSSR count). The van der Waals surface area contributed by atoms with Crippen LogP contribution in [0.4, 0.5) is 0 Å². The number of nitrogens with one attached hydrogen (secondary N) is 1. The Balaban J connectivity index is 2.09. The number of hydrogen-bond acceptors (Lipinski definition) is 5. The molecule has 0 saturated carbocycles. The van der Waals surface area contributed by atoms with E-state index in [9.17, 15) is 9.59 Å². The summed E-state index contributed by atoms with van der Waals surface area (Å²) in [6, 6.07) is 11.7. The van der Waals surface area contributed by atoms with E-state index in [0.717, 1.165) is 4.90 Å². The van der Waals surface area contributed by atoms with Crippen LogP contribution in [0.3, 0.4) is 0 Å². The van der Waals surface area contributed by atoms with Crippen LogP contribution in [0, 0.1) is 11.3 Å². The summed E-state index contributed by atoms with van der Waals surface area (Å²) in [7, 11) is 0. The van der Waals surface area contributed by atoms with Gasteiger partial charge in [0.25, 0.3) is 5.91 Å². The highest BCUT2D eigenvalue weighted by atomic mass is 32.2. The van der Waals surface area contributed by atoms with Gasteiger partial charge in [-0.1, -0.05) is 18.2 Å². The van der Waals surface area contributed by atoms with E-state index in [2.05, 4.69) is 5.32 Å². The van der Waals surface area contributed by atoms with Gasteiger partial charge < -0.3 is 10.1 Å². The minimum absolute atomic E-state index is 0.243. The number of esters is 1. The zero-order valence-corrected chi connectivity index (χ0v) is 11.8. The minimum Gasteiger partial charge on any atom is -0.456 e. The van der Waals surface area contributed by atoms with Gasteiger partial charge in [0.2, 0.25) is 0 Å². The molecule has 1 amide bonds. The van der Waals surface area contributed by atoms with Gasteiger partial charge in [0.05, 0.1) is 18.9 Å². The summed E-state index contributed by atoms with van der Waals surface area (Å²) in [6.07, 6.45) is 0.498. The largest absolute Gasteiger partial charge is 0.456 e. The average Bonchev–Trinajstić information content (AvgIpc) is 2.46. The van der Waals surface area contributed by atoms with Crippen molar-refractivity contribution < 1.29 is 14.3 Å². The van der Waals surface area contributed by atoms with Gasteiger partial charge in [0, 0.05) is 17.2 Å². The second kappa shape index (κ2) is 9.87. The topological polar surface area (TPSA) is 79.2 Å². The Morgan fingerprint density at radius 2 is 2.05 bits per heavy atom. The molecule has 0 spiro atoms. The van der Waals surface area contributed by atoms with E-state index < -0.39 is 5.97 Å². The standard InChI is InChI=1S/C14H16N2O3S/c15-8-4-9-16-13(17)11-19-14(18)7-10-20-12-5-2-1-3-6-12/h1-3,5-6H,4,7,9-11H2,(H,16,17). The monoisotopic (exact) mass is 292 g/mol. The molecule has 0 radical (unpaired) electrons. The zero-order valence-electron chi connectivity index (χ0n) is 11.0. The molecule has 106 valence electrons. The maximum atomic E-state index is 11.4. The van der Waals surface area contributed by atoms with E-state index in [0.29, 0.717) is 5.75 Å². The Bertz CT molecular complexity index is 471. The SMILES string of the molecule is N#CCCNC(=O)COC(=O)CCSc1ccccc1. The number of ether oxygens (including phenoxy) is 1. The zero-order chi connectivity index (χ0) is 14.6. The first kappa shape index (κ1) is 16.1. The van der Waals surface area contributed by atoms with Gasteiger partial charge in [-0.3, -0.25) is 9.59 Å². The fourth-order valence-corrected chi connectivity index (χ4v) is 2.15. The Labute approximate surface area is 122 Å². The number of carbonyl (C=O) groups is 2. The van der Waals surface area contributed by atoms with E-state index in [1.807, 2.05) is 36.4 Å². The number of nitriles is 1. The number of amides is 1. The van der Waals surface area contributed by atoms with E-state index in [4.69, 9.17) is 10.00 Å². The van der Waals surface area contributed by atoms with Gasteiger partial charge in [0.1, 0.15) is 0 Å². The van der Waals surface area contributed by atoms with Gasteiger partial charge >= 0.3 is 5.97 Å². The van der Waals surface area contributed by atoms with Gasteiger partial charge in [-0.15, -0.1) is 11.8 Å². The second-order valence-electron chi connectivity index (χ2n) is 3.83. The molecule has 0 heterocycles. The molecule has 1 aromatic carbocycles. The van der Waals surface area contributed by atoms with Crippen LogP contribution >= 0.6 is 11.8 Å². The fourth-order valence-electron chi connectivity index (χ4n) is 1.30. The first-order chi connectivity index (χ1) is 9.72. The van der Waals surface area contributed by atoms with Crippen molar-refractivity contribution in [2.45, 2.75) is 17.7 Å². The highest BCUT2D eigenvalue weighted by Crippen LogP contribution is 2.17. The predicted octanol–water partition coefficient (Wildman–Crippen LogP) is 1.74. The molecule has 0 atom stereocenters. The lowest BCUT2D eigenvalue weighted by Crippen LogP contribution is -2.29. The number of hydrogen-bond donors (Lipinski definition) is 1. The van der Waals surface area contributed by atoms with Crippen molar-refractivity contribution in [2.75, 3.05) is 18.9 Å². The maximum absolute atomic E-state index is 11.4. The van der Waals surface area contributed by atoms with Crippen molar-refractivity contribution in [3.63, 3.8) is 0 Å². The molecular formula is C14H16N2O3S. The second-order valence-corrected chi connectivity index (χ2v) is 5.00. The van der Waals surface area contributed by atoms with Crippen LogP contribution < -0.4 is 5.32 Å². The van der Waals surface area contributed by atoms with Crippen LogP contribution in [0.15, 0.2) is 35.2 Å². The van der Waals surface area contributed by atoms with Crippen LogP contribution in [0.1, 0.15) is 12.8 Å². The predicted molar refractivity (Wildman–Crippen MR) is 76.0 cm³/mol. The number of benzene rings is 1. The molecule has 0 aliphatic rings. The summed E-state index contributed by atoms with van der Waals surface area (Å²) in [5.41, 5.74) is 0. The summed E-state index contributed by atoms with van der Waals surface area (Å²) in [4.78, 5) is 23.7. The molecule has 0 aliphatic carbocycles. The number of nitrogens with zero attached hydrogens (tertiary/aromatic N) is 1. The van der Waals surface area contributed by atoms with Crippen LogP contribution in [-0.2, 0) is 14.3 Å². The molecule has 5 nitrogen and oxygen atoms in total. The molecule has 0 aliphatic heterocycles. The Hall–Kier alpha value is -2.00. The highest BCUT2D eigenvalue weighted by molar-refractivity contribution is 7.99. The Morgan fingerprint density at radius 1 is 1.30 bits per heavy atom. The average molecular weight is 292 g/mol. The summed E-state index contributed by atoms with van der Waals surface area (Å²) in [5, 5.41) is 10.8. The minimum atomic E-state index is -0.399. The number of thioether (sulfide) groups is 1. The molecule has 20 heavy (non-hydrogen) atoms. The van der Waals surface area contributed by atoms with Crippen molar-refractivity contribution in [2.24, 2.45) is 0 Å². The molecule has 1 aromatic rings. The molecule has 0 bridgehead atoms. The van der Waals surface area contributed by atoms with E-state index >= 15 is 0 Å². The normalized spacial score (nSPS) is 9.55. The lowest BCUT2D eigenvalue weighted by Gasteiger charge is -2.05. The van der Waals surface area contributed by atoms with Crippen molar-refractivity contribution in [3.8, 4) is 6.07 Å². The fraction of sp³-hybridized carbons (Fsp3) is 0.357. The van der Waals surface area contributed by atoms with Crippen LogP contribution in [0.2, 0.25) is 0 Å². The first-order valence-electron chi connectivity index (χ1n) is 6.19. The van der Waals surface area contributed by atoms with Crippen molar-refractivity contribution in [3.05, 3.63) is 30.3 Å². The lowest BCUT2D eigenvalue weighted by molar-refractivity contribution is -0.148. The first-order valence-corrected chi connectivity index (χ1v) is 7.18. The summed E-state index contributed by atoms with van der Waals surface area (Å²) >= 11 is 1.56. The van der Waals surface area contributed by atoms with Gasteiger partial charge in [-0.05, 0) is 12.1 Å². The summed E-state index contributed by atoms with van der Waals surface area (Å²) < 4.78 is 4.83. The van der Waals surface area contributed by atoms with E-state index in [-0.39, 0.29) is 31.9 Å². The molecular weight excluding hydrogens is 276 g/mol. The van der Waals surface area contributed by atoms with Gasteiger partial charge in [0.15, 0.2) is 6.61 Å². The third-order valence-corrected chi connectivity index (χ3v) is 3.26. The maximum Gasteiger partial charge on any atom is 0.307 e. The van der Waals surface area contributed by atoms with Crippen LogP contribution in [0.5, 0.6) is 0 Å². The Kier molecular flexibility index (Phi) is 7.92. The number of carbonyl (C=O) groups excluding carboxylic acids is 2. The quantitative estimate of drug-likeness (QED) is 0.448. The van der Waals surface area contributed by atoms with Crippen molar-refractivity contribution in [1.29, 1.82) is 5.26 Å². The summed E-state index contributed by atoms with van der Waals surface area (Å²) in [5.74, 6) is -0.174. The Morgan fingerprint density at radius 3 is 2.75 bits per heavy atom. The third-order valence-electron chi connectivity index (χ3n) is 2.24. The van der Waals surface area contributed by atoms with Crippen LogP contribution in [-0.4, -0.2) is 30.8 Å². The summed E-state index contributed by atoms with van der Waals surface area (Å²) in [6.45, 7) is -0.0169. The lowest BCUT2D eigenvalue weighted by atomic mass is 10.4. The van der Waals surface area contributed by atoms with Crippen molar-refractivity contribution in [1.82, 2.24) is 5.32 Å². The molecule has 6 heteroatoms. The van der Waals surface area contributed by atoms with Gasteiger partial charge in [-0.2, -0.15) is 5.26 Å². The molecule has 1 N–H and O–H groups in total. The van der Waals surface area contributed by atoms with Gasteiger partial charge in [-0.25, -0.2) is 0 Å². The molecule has 0 fully saturated rings. The molecule has 0 unspecified atom stereocenters. The molecule has 0 saturated heterocycles. The smallest absolute Gasteiger partial charge is 0.307 e. The molecule has 0 aromatic heterocycles. The van der Waals surface area contributed by atoms with E-state index in [1.165, 1.54) is 0 Å².